The highest BCUT2D eigenvalue weighted by molar-refractivity contribution is 5.36. The summed E-state index contributed by atoms with van der Waals surface area (Å²) in [5, 5.41) is 0. The van der Waals surface area contributed by atoms with Gasteiger partial charge in [0.25, 0.3) is 0 Å². The molecule has 0 amide bonds. The number of hydrogen-bond donors (Lipinski definition) is 1. The second kappa shape index (κ2) is 7.65. The van der Waals surface area contributed by atoms with Crippen molar-refractivity contribution in [3.8, 4) is 5.75 Å². The lowest BCUT2D eigenvalue weighted by Crippen LogP contribution is -2.46. The number of nitrogens with two attached hydrogens (primary N) is 1. The lowest BCUT2D eigenvalue weighted by Gasteiger charge is -2.41. The van der Waals surface area contributed by atoms with Crippen LogP contribution in [0.2, 0.25) is 0 Å². The predicted molar refractivity (Wildman–Crippen MR) is 86.2 cm³/mol. The fourth-order valence-corrected chi connectivity index (χ4v) is 2.68. The van der Waals surface area contributed by atoms with Crippen molar-refractivity contribution in [2.24, 2.45) is 5.73 Å². The van der Waals surface area contributed by atoms with Gasteiger partial charge in [-0.1, -0.05) is 32.0 Å². The minimum Gasteiger partial charge on any atom is -0.493 e. The Morgan fingerprint density at radius 1 is 1.20 bits per heavy atom. The van der Waals surface area contributed by atoms with Crippen LogP contribution in [-0.2, 0) is 0 Å². The quantitative estimate of drug-likeness (QED) is 0.828. The van der Waals surface area contributed by atoms with Gasteiger partial charge in [0.05, 0.1) is 12.6 Å². The molecule has 0 spiro atoms. The first-order chi connectivity index (χ1) is 9.45. The van der Waals surface area contributed by atoms with E-state index in [1.165, 1.54) is 5.56 Å². The average Bonchev–Trinajstić information content (AvgIpc) is 2.41. The summed E-state index contributed by atoms with van der Waals surface area (Å²) in [6, 6.07) is 8.46. The first kappa shape index (κ1) is 17.0. The first-order valence-corrected chi connectivity index (χ1v) is 7.64. The molecule has 0 fully saturated rings. The summed E-state index contributed by atoms with van der Waals surface area (Å²) in [6.07, 6.45) is 1.01. The van der Waals surface area contributed by atoms with Crippen LogP contribution in [0.15, 0.2) is 24.3 Å². The minimum absolute atomic E-state index is 0.0800. The summed E-state index contributed by atoms with van der Waals surface area (Å²) < 4.78 is 5.89. The van der Waals surface area contributed by atoms with Crippen molar-refractivity contribution in [1.29, 1.82) is 0 Å². The van der Waals surface area contributed by atoms with Gasteiger partial charge in [-0.2, -0.15) is 0 Å². The second-order valence-corrected chi connectivity index (χ2v) is 6.09. The van der Waals surface area contributed by atoms with Gasteiger partial charge in [-0.25, -0.2) is 0 Å². The van der Waals surface area contributed by atoms with Gasteiger partial charge in [0.1, 0.15) is 5.75 Å². The van der Waals surface area contributed by atoms with Gasteiger partial charge in [-0.3, -0.25) is 4.90 Å². The van der Waals surface area contributed by atoms with Gasteiger partial charge in [0.15, 0.2) is 0 Å². The van der Waals surface area contributed by atoms with Crippen LogP contribution in [0.1, 0.15) is 52.6 Å². The molecule has 0 aliphatic heterocycles. The van der Waals surface area contributed by atoms with E-state index < -0.39 is 0 Å². The Kier molecular flexibility index (Phi) is 6.50. The van der Waals surface area contributed by atoms with Crippen molar-refractivity contribution in [1.82, 2.24) is 4.90 Å². The van der Waals surface area contributed by atoms with Gasteiger partial charge >= 0.3 is 0 Å². The van der Waals surface area contributed by atoms with Crippen LogP contribution in [0, 0.1) is 0 Å². The first-order valence-electron chi connectivity index (χ1n) is 7.64. The minimum atomic E-state index is 0.0800. The van der Waals surface area contributed by atoms with Crippen molar-refractivity contribution in [3.05, 3.63) is 29.8 Å². The molecule has 1 aromatic carbocycles. The van der Waals surface area contributed by atoms with Crippen LogP contribution < -0.4 is 10.5 Å². The topological polar surface area (TPSA) is 38.5 Å². The molecule has 0 aliphatic rings. The molecule has 0 bridgehead atoms. The largest absolute Gasteiger partial charge is 0.493 e. The lowest BCUT2D eigenvalue weighted by molar-refractivity contribution is 0.0900. The molecule has 0 saturated carbocycles. The van der Waals surface area contributed by atoms with Gasteiger partial charge in [0.2, 0.25) is 0 Å². The number of ether oxygens (including phenoxy) is 1. The summed E-state index contributed by atoms with van der Waals surface area (Å²) in [6.45, 7) is 13.3. The standard InChI is InChI=1S/C17H30N2O/c1-6-12-20-16-11-9-8-10-14(16)15(13-18)19(7-2)17(3,4)5/h8-11,15H,6-7,12-13,18H2,1-5H3. The predicted octanol–water partition coefficient (Wildman–Crippen LogP) is 3.60. The van der Waals surface area contributed by atoms with E-state index in [9.17, 15) is 0 Å². The van der Waals surface area contributed by atoms with Gasteiger partial charge in [0, 0.05) is 17.6 Å². The molecular formula is C17H30N2O. The molecule has 114 valence electrons. The summed E-state index contributed by atoms with van der Waals surface area (Å²) in [7, 11) is 0. The van der Waals surface area contributed by atoms with E-state index in [1.807, 2.05) is 12.1 Å². The number of para-hydroxylation sites is 1. The molecule has 1 unspecified atom stereocenters. The van der Waals surface area contributed by atoms with Gasteiger partial charge in [-0.15, -0.1) is 0 Å². The third kappa shape index (κ3) is 4.22. The van der Waals surface area contributed by atoms with Crippen LogP contribution in [-0.4, -0.2) is 30.1 Å². The van der Waals surface area contributed by atoms with Crippen molar-refractivity contribution >= 4 is 0 Å². The second-order valence-electron chi connectivity index (χ2n) is 6.09. The zero-order valence-corrected chi connectivity index (χ0v) is 13.6. The van der Waals surface area contributed by atoms with E-state index in [1.54, 1.807) is 0 Å². The molecular weight excluding hydrogens is 248 g/mol. The van der Waals surface area contributed by atoms with Crippen LogP contribution in [0.5, 0.6) is 5.75 Å². The lowest BCUT2D eigenvalue weighted by atomic mass is 9.97. The van der Waals surface area contributed by atoms with E-state index in [-0.39, 0.29) is 11.6 Å². The van der Waals surface area contributed by atoms with E-state index in [0.29, 0.717) is 6.54 Å². The Hall–Kier alpha value is -1.06. The van der Waals surface area contributed by atoms with Crippen molar-refractivity contribution in [2.75, 3.05) is 19.7 Å². The molecule has 1 atom stereocenters. The molecule has 1 rings (SSSR count). The van der Waals surface area contributed by atoms with Crippen LogP contribution in [0.25, 0.3) is 0 Å². The molecule has 3 heteroatoms. The van der Waals surface area contributed by atoms with E-state index in [0.717, 1.165) is 25.3 Å². The zero-order valence-electron chi connectivity index (χ0n) is 13.6. The van der Waals surface area contributed by atoms with Crippen molar-refractivity contribution < 1.29 is 4.74 Å². The van der Waals surface area contributed by atoms with E-state index in [2.05, 4.69) is 51.7 Å². The molecule has 2 N–H and O–H groups in total. The zero-order chi connectivity index (χ0) is 15.2. The maximum absolute atomic E-state index is 6.08. The molecule has 3 nitrogen and oxygen atoms in total. The van der Waals surface area contributed by atoms with E-state index >= 15 is 0 Å². The Morgan fingerprint density at radius 2 is 1.85 bits per heavy atom. The normalized spacial score (nSPS) is 13.6. The summed E-state index contributed by atoms with van der Waals surface area (Å²) in [4.78, 5) is 2.43. The third-order valence-electron chi connectivity index (χ3n) is 3.54. The number of rotatable bonds is 7. The highest BCUT2D eigenvalue weighted by Gasteiger charge is 2.29. The average molecular weight is 278 g/mol. The maximum Gasteiger partial charge on any atom is 0.124 e. The summed E-state index contributed by atoms with van der Waals surface area (Å²) >= 11 is 0. The number of hydrogen-bond acceptors (Lipinski definition) is 3. The smallest absolute Gasteiger partial charge is 0.124 e. The van der Waals surface area contributed by atoms with Crippen LogP contribution >= 0.6 is 0 Å². The Balaban J connectivity index is 3.11. The Morgan fingerprint density at radius 3 is 2.35 bits per heavy atom. The van der Waals surface area contributed by atoms with Crippen molar-refractivity contribution in [3.63, 3.8) is 0 Å². The highest BCUT2D eigenvalue weighted by Crippen LogP contribution is 2.32. The number of nitrogens with zero attached hydrogens (tertiary/aromatic N) is 1. The molecule has 0 radical (unpaired) electrons. The van der Waals surface area contributed by atoms with Gasteiger partial charge in [-0.05, 0) is 39.8 Å². The summed E-state index contributed by atoms with van der Waals surface area (Å²) in [5.41, 5.74) is 7.35. The SMILES string of the molecule is CCCOc1ccccc1C(CN)N(CC)C(C)(C)C. The molecule has 0 heterocycles. The fourth-order valence-electron chi connectivity index (χ4n) is 2.68. The molecule has 0 aromatic heterocycles. The fraction of sp³-hybridized carbons (Fsp3) is 0.647. The molecule has 0 aliphatic carbocycles. The van der Waals surface area contributed by atoms with Crippen LogP contribution in [0.4, 0.5) is 0 Å². The highest BCUT2D eigenvalue weighted by atomic mass is 16.5. The molecule has 1 aromatic rings. The maximum atomic E-state index is 6.08. The Bertz CT molecular complexity index is 398. The Labute approximate surface area is 124 Å². The van der Waals surface area contributed by atoms with Crippen molar-refractivity contribution in [2.45, 2.75) is 52.6 Å². The van der Waals surface area contributed by atoms with Gasteiger partial charge < -0.3 is 10.5 Å². The van der Waals surface area contributed by atoms with Crippen LogP contribution in [0.3, 0.4) is 0 Å². The summed E-state index contributed by atoms with van der Waals surface area (Å²) in [5.74, 6) is 0.965. The molecule has 20 heavy (non-hydrogen) atoms. The number of likely N-dealkylation sites (N-methyl/N-ethyl adjacent to an activating group) is 1. The van der Waals surface area contributed by atoms with E-state index in [4.69, 9.17) is 10.5 Å². The molecule has 0 saturated heterocycles. The number of benzene rings is 1. The third-order valence-corrected chi connectivity index (χ3v) is 3.54. The monoisotopic (exact) mass is 278 g/mol.